The molecule has 10 atom stereocenters. The third-order valence-corrected chi connectivity index (χ3v) is 8.12. The van der Waals surface area contributed by atoms with Crippen molar-refractivity contribution in [3.8, 4) is 0 Å². The monoisotopic (exact) mass is 814 g/mol. The summed E-state index contributed by atoms with van der Waals surface area (Å²) >= 11 is 3.80. The molecule has 232 valence electrons. The van der Waals surface area contributed by atoms with Crippen LogP contribution in [0.4, 0.5) is 0 Å². The Kier molecular flexibility index (Phi) is 13.9. The normalized spacial score (nSPS) is 33.1. The van der Waals surface area contributed by atoms with Crippen molar-refractivity contribution in [2.45, 2.75) is 98.6 Å². The summed E-state index contributed by atoms with van der Waals surface area (Å²) < 4.78 is 48.5. The molecule has 0 N–H and O–H groups in total. The van der Waals surface area contributed by atoms with Crippen LogP contribution in [0.3, 0.4) is 0 Å². The standard InChI is InChI=1S/C24H32I2O15/c1-9(27)33-7-15-19(35-11(3)29)21(37-13(5)31)17(25)23(39-15)41-24-18(26)22(38-14(6)32)20(36-12(4)30)16(40-24)8-34-10(2)28/h15-24H,7-8H2,1-6H3/t15-,16-,17+,18+,19-,20-,21-,22-,23-,24-/m1/s1. The average Bonchev–Trinajstić information content (AvgIpc) is 2.84. The van der Waals surface area contributed by atoms with Gasteiger partial charge in [0.15, 0.2) is 37.0 Å². The molecule has 2 fully saturated rings. The highest BCUT2D eigenvalue weighted by Gasteiger charge is 2.54. The number of ether oxygens (including phenoxy) is 9. The van der Waals surface area contributed by atoms with Gasteiger partial charge in [-0.15, -0.1) is 0 Å². The lowest BCUT2D eigenvalue weighted by molar-refractivity contribution is -0.328. The van der Waals surface area contributed by atoms with Crippen LogP contribution in [-0.2, 0) is 71.4 Å². The Labute approximate surface area is 263 Å². The molecule has 0 aromatic heterocycles. The number of esters is 6. The average molecular weight is 814 g/mol. The van der Waals surface area contributed by atoms with E-state index < -0.39 is 92.9 Å². The Balaban J connectivity index is 2.42. The summed E-state index contributed by atoms with van der Waals surface area (Å²) in [4.78, 5) is 70.7. The Morgan fingerprint density at radius 3 is 1.07 bits per heavy atom. The van der Waals surface area contributed by atoms with Crippen LogP contribution in [0.15, 0.2) is 0 Å². The van der Waals surface area contributed by atoms with Crippen LogP contribution in [0.1, 0.15) is 41.5 Å². The second kappa shape index (κ2) is 16.1. The van der Waals surface area contributed by atoms with Crippen molar-refractivity contribution >= 4 is 81.0 Å². The maximum atomic E-state index is 12.0. The highest BCUT2D eigenvalue weighted by molar-refractivity contribution is 14.1. The Morgan fingerprint density at radius 2 is 0.805 bits per heavy atom. The number of carbonyl (C=O) groups excluding carboxylic acids is 6. The molecule has 2 saturated heterocycles. The summed E-state index contributed by atoms with van der Waals surface area (Å²) in [5.74, 6) is -4.01. The van der Waals surface area contributed by atoms with Crippen molar-refractivity contribution in [1.82, 2.24) is 0 Å². The van der Waals surface area contributed by atoms with Crippen molar-refractivity contribution in [3.63, 3.8) is 0 Å². The minimum atomic E-state index is -1.22. The zero-order chi connectivity index (χ0) is 31.0. The van der Waals surface area contributed by atoms with Crippen LogP contribution in [0.2, 0.25) is 0 Å². The number of hydrogen-bond donors (Lipinski definition) is 0. The molecule has 0 aliphatic carbocycles. The molecule has 0 spiro atoms. The molecule has 0 aromatic rings. The zero-order valence-corrected chi connectivity index (χ0v) is 27.4. The van der Waals surface area contributed by atoms with Gasteiger partial charge < -0.3 is 42.6 Å². The lowest BCUT2D eigenvalue weighted by Crippen LogP contribution is -2.63. The van der Waals surface area contributed by atoms with Crippen molar-refractivity contribution in [2.75, 3.05) is 13.2 Å². The molecule has 0 amide bonds. The lowest BCUT2D eigenvalue weighted by Gasteiger charge is -2.47. The predicted molar refractivity (Wildman–Crippen MR) is 150 cm³/mol. The summed E-state index contributed by atoms with van der Waals surface area (Å²) in [6.45, 7) is 6.28. The first-order valence-electron chi connectivity index (χ1n) is 12.3. The predicted octanol–water partition coefficient (Wildman–Crippen LogP) is 0.913. The van der Waals surface area contributed by atoms with E-state index in [1.54, 1.807) is 0 Å². The number of alkyl halides is 2. The molecule has 41 heavy (non-hydrogen) atoms. The summed E-state index contributed by atoms with van der Waals surface area (Å²) in [6.07, 6.45) is -9.16. The van der Waals surface area contributed by atoms with Gasteiger partial charge in [-0.05, 0) is 0 Å². The van der Waals surface area contributed by atoms with Crippen LogP contribution >= 0.6 is 45.2 Å². The number of rotatable bonds is 10. The van der Waals surface area contributed by atoms with E-state index in [4.69, 9.17) is 42.6 Å². The number of halogens is 2. The molecule has 0 bridgehead atoms. The van der Waals surface area contributed by atoms with Gasteiger partial charge in [0.05, 0.1) is 0 Å². The van der Waals surface area contributed by atoms with E-state index in [1.165, 1.54) is 27.7 Å². The van der Waals surface area contributed by atoms with E-state index in [0.29, 0.717) is 0 Å². The van der Waals surface area contributed by atoms with E-state index in [0.717, 1.165) is 13.8 Å². The smallest absolute Gasteiger partial charge is 0.303 e. The first kappa shape index (κ1) is 35.4. The van der Waals surface area contributed by atoms with Crippen LogP contribution in [0, 0.1) is 0 Å². The number of hydrogen-bond acceptors (Lipinski definition) is 15. The van der Waals surface area contributed by atoms with Crippen LogP contribution < -0.4 is 0 Å². The van der Waals surface area contributed by atoms with Gasteiger partial charge in [-0.1, -0.05) is 45.2 Å². The molecule has 2 rings (SSSR count). The Morgan fingerprint density at radius 1 is 0.512 bits per heavy atom. The molecule has 2 heterocycles. The van der Waals surface area contributed by atoms with Gasteiger partial charge in [-0.2, -0.15) is 0 Å². The van der Waals surface area contributed by atoms with Gasteiger partial charge in [0.1, 0.15) is 33.3 Å². The summed E-state index contributed by atoms with van der Waals surface area (Å²) in [7, 11) is 0. The summed E-state index contributed by atoms with van der Waals surface area (Å²) in [5.41, 5.74) is 0. The van der Waals surface area contributed by atoms with E-state index in [1.807, 2.05) is 45.2 Å². The second-order valence-corrected chi connectivity index (χ2v) is 11.9. The molecular formula is C24H32I2O15. The fraction of sp³-hybridized carbons (Fsp3) is 0.750. The van der Waals surface area contributed by atoms with Gasteiger partial charge in [0, 0.05) is 41.5 Å². The van der Waals surface area contributed by atoms with Crippen molar-refractivity contribution in [3.05, 3.63) is 0 Å². The summed E-state index contributed by atoms with van der Waals surface area (Å²) in [6, 6.07) is 0. The Bertz CT molecular complexity index is 914. The number of carbonyl (C=O) groups is 6. The van der Waals surface area contributed by atoms with Crippen LogP contribution in [-0.4, -0.2) is 106 Å². The maximum absolute atomic E-state index is 12.0. The molecular weight excluding hydrogens is 782 g/mol. The van der Waals surface area contributed by atoms with Crippen molar-refractivity contribution in [1.29, 1.82) is 0 Å². The molecule has 0 saturated carbocycles. The quantitative estimate of drug-likeness (QED) is 0.131. The van der Waals surface area contributed by atoms with Gasteiger partial charge in [-0.25, -0.2) is 0 Å². The first-order valence-corrected chi connectivity index (χ1v) is 14.8. The maximum Gasteiger partial charge on any atom is 0.303 e. The third-order valence-electron chi connectivity index (χ3n) is 5.52. The minimum absolute atomic E-state index is 0.368. The fourth-order valence-corrected chi connectivity index (χ4v) is 5.87. The highest BCUT2D eigenvalue weighted by Crippen LogP contribution is 2.37. The fourth-order valence-electron chi connectivity index (χ4n) is 4.08. The summed E-state index contributed by atoms with van der Waals surface area (Å²) in [5, 5.41) is 0. The second-order valence-electron chi connectivity index (χ2n) is 9.01. The Hall–Kier alpha value is -1.84. The topological polar surface area (TPSA) is 185 Å². The van der Waals surface area contributed by atoms with Gasteiger partial charge in [-0.3, -0.25) is 28.8 Å². The largest absolute Gasteiger partial charge is 0.463 e. The first-order chi connectivity index (χ1) is 19.1. The van der Waals surface area contributed by atoms with E-state index >= 15 is 0 Å². The van der Waals surface area contributed by atoms with Crippen LogP contribution in [0.25, 0.3) is 0 Å². The highest BCUT2D eigenvalue weighted by atomic mass is 127. The molecule has 0 aromatic carbocycles. The molecule has 0 unspecified atom stereocenters. The van der Waals surface area contributed by atoms with Crippen molar-refractivity contribution in [2.24, 2.45) is 0 Å². The van der Waals surface area contributed by atoms with Crippen LogP contribution in [0.5, 0.6) is 0 Å². The van der Waals surface area contributed by atoms with E-state index in [-0.39, 0.29) is 13.2 Å². The van der Waals surface area contributed by atoms with Gasteiger partial charge >= 0.3 is 35.8 Å². The minimum Gasteiger partial charge on any atom is -0.463 e. The molecule has 2 aliphatic heterocycles. The third kappa shape index (κ3) is 10.7. The molecule has 2 aliphatic rings. The molecule has 15 nitrogen and oxygen atoms in total. The van der Waals surface area contributed by atoms with Gasteiger partial charge in [0.25, 0.3) is 0 Å². The zero-order valence-electron chi connectivity index (χ0n) is 23.1. The van der Waals surface area contributed by atoms with E-state index in [2.05, 4.69) is 0 Å². The SMILES string of the molecule is CC(=O)OC[C@H]1O[C@H](O[C@H]2O[C@H](COC(C)=O)[C@@H](OC(C)=O)[C@H](OC(C)=O)[C@@H]2I)[C@@H](I)[C@@H](OC(C)=O)[C@@H]1OC(C)=O. The molecule has 17 heteroatoms. The van der Waals surface area contributed by atoms with Gasteiger partial charge in [0.2, 0.25) is 0 Å². The van der Waals surface area contributed by atoms with E-state index in [9.17, 15) is 28.8 Å². The lowest BCUT2D eigenvalue weighted by atomic mass is 10.00. The molecule has 0 radical (unpaired) electrons. The van der Waals surface area contributed by atoms with Crippen molar-refractivity contribution < 1.29 is 71.4 Å².